The van der Waals surface area contributed by atoms with Crippen LogP contribution < -0.4 is 5.14 Å². The average molecular weight is 243 g/mol. The highest BCUT2D eigenvalue weighted by Gasteiger charge is 2.11. The van der Waals surface area contributed by atoms with E-state index in [4.69, 9.17) is 5.14 Å². The highest BCUT2D eigenvalue weighted by Crippen LogP contribution is 2.16. The zero-order valence-corrected chi connectivity index (χ0v) is 9.81. The summed E-state index contributed by atoms with van der Waals surface area (Å²) in [6.45, 7) is 0.370. The molecule has 1 radical (unpaired) electrons. The lowest BCUT2D eigenvalue weighted by Crippen LogP contribution is -2.18. The van der Waals surface area contributed by atoms with Crippen LogP contribution in [-0.4, -0.2) is 32.0 Å². The van der Waals surface area contributed by atoms with Crippen molar-refractivity contribution in [1.82, 2.24) is 4.90 Å². The van der Waals surface area contributed by atoms with Gasteiger partial charge in [-0.1, -0.05) is 12.1 Å². The second kappa shape index (κ2) is 4.92. The van der Waals surface area contributed by atoms with Crippen LogP contribution >= 0.6 is 0 Å². The predicted molar refractivity (Wildman–Crippen MR) is 60.8 cm³/mol. The Hall–Kier alpha value is -0.950. The number of nitrogens with two attached hydrogens (primary N) is 1. The number of hydrogen-bond acceptors (Lipinski definition) is 4. The summed E-state index contributed by atoms with van der Waals surface area (Å²) in [6.07, 6.45) is -0.697. The Labute approximate surface area is 95.5 Å². The molecule has 0 aromatic heterocycles. The average Bonchev–Trinajstić information content (AvgIpc) is 2.15. The van der Waals surface area contributed by atoms with Gasteiger partial charge in [0.1, 0.15) is 0 Å². The summed E-state index contributed by atoms with van der Waals surface area (Å²) in [5, 5.41) is 14.7. The molecule has 0 aliphatic heterocycles. The Morgan fingerprint density at radius 1 is 1.44 bits per heavy atom. The lowest BCUT2D eigenvalue weighted by Gasteiger charge is -2.16. The van der Waals surface area contributed by atoms with E-state index >= 15 is 0 Å². The molecule has 0 amide bonds. The third kappa shape index (κ3) is 3.57. The summed E-state index contributed by atoms with van der Waals surface area (Å²) in [5.41, 5.74) is 0.628. The van der Waals surface area contributed by atoms with Crippen LogP contribution in [0.5, 0.6) is 0 Å². The van der Waals surface area contributed by atoms with E-state index in [-0.39, 0.29) is 4.90 Å². The van der Waals surface area contributed by atoms with E-state index in [1.807, 2.05) is 0 Å². The van der Waals surface area contributed by atoms with Gasteiger partial charge in [0, 0.05) is 13.6 Å². The SMILES string of the molecule is [CH2]N(C)CC(O)c1ccc(S(N)(=O)=O)cc1. The number of primary sulfonamides is 1. The second-order valence-electron chi connectivity index (χ2n) is 3.67. The molecule has 0 spiro atoms. The predicted octanol–water partition coefficient (Wildman–Crippen LogP) is 0.0908. The number of rotatable bonds is 4. The van der Waals surface area contributed by atoms with Crippen LogP contribution in [-0.2, 0) is 10.0 Å². The highest BCUT2D eigenvalue weighted by molar-refractivity contribution is 7.89. The molecule has 1 unspecified atom stereocenters. The fourth-order valence-corrected chi connectivity index (χ4v) is 1.80. The van der Waals surface area contributed by atoms with Crippen LogP contribution in [0.15, 0.2) is 29.2 Å². The smallest absolute Gasteiger partial charge is 0.238 e. The van der Waals surface area contributed by atoms with Gasteiger partial charge in [0.25, 0.3) is 0 Å². The molecule has 3 N–H and O–H groups in total. The van der Waals surface area contributed by atoms with Gasteiger partial charge in [-0.05, 0) is 24.7 Å². The maximum atomic E-state index is 11.0. The van der Waals surface area contributed by atoms with E-state index in [1.54, 1.807) is 11.9 Å². The van der Waals surface area contributed by atoms with Crippen molar-refractivity contribution in [3.8, 4) is 0 Å². The van der Waals surface area contributed by atoms with Gasteiger partial charge >= 0.3 is 0 Å². The summed E-state index contributed by atoms with van der Waals surface area (Å²) in [7, 11) is 1.68. The first-order valence-corrected chi connectivity index (χ1v) is 6.18. The Kier molecular flexibility index (Phi) is 4.03. The Bertz CT molecular complexity index is 440. The summed E-state index contributed by atoms with van der Waals surface area (Å²) < 4.78 is 22.0. The molecule has 1 aromatic carbocycles. The summed E-state index contributed by atoms with van der Waals surface area (Å²) in [6, 6.07) is 5.82. The van der Waals surface area contributed by atoms with Crippen LogP contribution in [0.25, 0.3) is 0 Å². The van der Waals surface area contributed by atoms with Crippen LogP contribution in [0.1, 0.15) is 11.7 Å². The molecular weight excluding hydrogens is 228 g/mol. The van der Waals surface area contributed by atoms with E-state index in [9.17, 15) is 13.5 Å². The number of aliphatic hydroxyl groups excluding tert-OH is 1. The number of aliphatic hydroxyl groups is 1. The topological polar surface area (TPSA) is 83.6 Å². The van der Waals surface area contributed by atoms with Crippen molar-refractivity contribution in [2.45, 2.75) is 11.0 Å². The van der Waals surface area contributed by atoms with Crippen LogP contribution in [0.4, 0.5) is 0 Å². The monoisotopic (exact) mass is 243 g/mol. The molecule has 5 nitrogen and oxygen atoms in total. The Morgan fingerprint density at radius 3 is 2.31 bits per heavy atom. The van der Waals surface area contributed by atoms with Crippen LogP contribution in [0, 0.1) is 7.05 Å². The molecule has 0 heterocycles. The van der Waals surface area contributed by atoms with Crippen molar-refractivity contribution in [2.75, 3.05) is 13.6 Å². The molecule has 89 valence electrons. The van der Waals surface area contributed by atoms with Crippen LogP contribution in [0.3, 0.4) is 0 Å². The van der Waals surface area contributed by atoms with Gasteiger partial charge in [-0.15, -0.1) is 0 Å². The van der Waals surface area contributed by atoms with Gasteiger partial charge in [-0.25, -0.2) is 13.6 Å². The Morgan fingerprint density at radius 2 is 1.94 bits per heavy atom. The lowest BCUT2D eigenvalue weighted by molar-refractivity contribution is 0.144. The molecule has 6 heteroatoms. The minimum absolute atomic E-state index is 0.0337. The molecule has 0 saturated heterocycles. The minimum Gasteiger partial charge on any atom is -0.387 e. The zero-order chi connectivity index (χ0) is 12.3. The van der Waals surface area contributed by atoms with Crippen molar-refractivity contribution in [1.29, 1.82) is 0 Å². The van der Waals surface area contributed by atoms with E-state index < -0.39 is 16.1 Å². The van der Waals surface area contributed by atoms with Crippen molar-refractivity contribution in [2.24, 2.45) is 5.14 Å². The van der Waals surface area contributed by atoms with E-state index in [0.29, 0.717) is 12.1 Å². The molecule has 0 aliphatic carbocycles. The van der Waals surface area contributed by atoms with E-state index in [2.05, 4.69) is 7.05 Å². The minimum atomic E-state index is -3.67. The second-order valence-corrected chi connectivity index (χ2v) is 5.23. The van der Waals surface area contributed by atoms with Gasteiger partial charge in [0.05, 0.1) is 11.0 Å². The van der Waals surface area contributed by atoms with Crippen LogP contribution in [0.2, 0.25) is 0 Å². The van der Waals surface area contributed by atoms with Gasteiger partial charge < -0.3 is 10.0 Å². The number of sulfonamides is 1. The number of hydrogen-bond donors (Lipinski definition) is 2. The van der Waals surface area contributed by atoms with E-state index in [1.165, 1.54) is 24.3 Å². The van der Waals surface area contributed by atoms with Gasteiger partial charge in [0.15, 0.2) is 0 Å². The standard InChI is InChI=1S/C10H15N2O3S/c1-12(2)7-10(13)8-3-5-9(6-4-8)16(11,14)15/h3-6,10,13H,1,7H2,2H3,(H2,11,14,15). The molecular formula is C10H15N2O3S. The van der Waals surface area contributed by atoms with Crippen molar-refractivity contribution in [3.63, 3.8) is 0 Å². The maximum absolute atomic E-state index is 11.0. The highest BCUT2D eigenvalue weighted by atomic mass is 32.2. The third-order valence-electron chi connectivity index (χ3n) is 2.08. The summed E-state index contributed by atoms with van der Waals surface area (Å²) in [5.74, 6) is 0. The molecule has 16 heavy (non-hydrogen) atoms. The molecule has 1 aromatic rings. The van der Waals surface area contributed by atoms with E-state index in [0.717, 1.165) is 0 Å². The first-order valence-electron chi connectivity index (χ1n) is 4.63. The zero-order valence-electron chi connectivity index (χ0n) is 9.00. The largest absolute Gasteiger partial charge is 0.387 e. The first-order chi connectivity index (χ1) is 7.30. The fourth-order valence-electron chi connectivity index (χ4n) is 1.28. The normalized spacial score (nSPS) is 14.1. The molecule has 0 bridgehead atoms. The number of likely N-dealkylation sites (N-methyl/N-ethyl adjacent to an activating group) is 1. The molecule has 1 rings (SSSR count). The van der Waals surface area contributed by atoms with Crippen molar-refractivity contribution >= 4 is 10.0 Å². The maximum Gasteiger partial charge on any atom is 0.238 e. The molecule has 1 atom stereocenters. The van der Waals surface area contributed by atoms with Crippen molar-refractivity contribution < 1.29 is 13.5 Å². The fraction of sp³-hybridized carbons (Fsp3) is 0.300. The number of benzene rings is 1. The van der Waals surface area contributed by atoms with Crippen molar-refractivity contribution in [3.05, 3.63) is 36.9 Å². The first kappa shape index (κ1) is 13.1. The molecule has 0 saturated carbocycles. The third-order valence-corrected chi connectivity index (χ3v) is 3.01. The summed E-state index contributed by atoms with van der Waals surface area (Å²) in [4.78, 5) is 1.63. The molecule has 0 aliphatic rings. The lowest BCUT2D eigenvalue weighted by atomic mass is 10.1. The van der Waals surface area contributed by atoms with Gasteiger partial charge in [-0.3, -0.25) is 0 Å². The Balaban J connectivity index is 2.87. The van der Waals surface area contributed by atoms with Gasteiger partial charge in [-0.2, -0.15) is 0 Å². The number of nitrogens with zero attached hydrogens (tertiary/aromatic N) is 1. The van der Waals surface area contributed by atoms with Gasteiger partial charge in [0.2, 0.25) is 10.0 Å². The summed E-state index contributed by atoms with van der Waals surface area (Å²) >= 11 is 0. The quantitative estimate of drug-likeness (QED) is 0.785. The molecule has 0 fully saturated rings.